The minimum atomic E-state index is -0.217. The maximum absolute atomic E-state index is 13.7. The normalized spacial score (nSPS) is 10.7. The number of hydrogen-bond donors (Lipinski definition) is 1. The highest BCUT2D eigenvalue weighted by molar-refractivity contribution is 5.63. The van der Waals surface area contributed by atoms with E-state index >= 15 is 0 Å². The lowest BCUT2D eigenvalue weighted by Gasteiger charge is -2.06. The first-order valence-corrected chi connectivity index (χ1v) is 5.83. The largest absolute Gasteiger partial charge is 0.472 e. The molecule has 0 amide bonds. The molecule has 3 heteroatoms. The van der Waals surface area contributed by atoms with E-state index in [2.05, 4.69) is 12.2 Å². The molecule has 0 aliphatic carbocycles. The van der Waals surface area contributed by atoms with Crippen LogP contribution in [-0.4, -0.2) is 6.54 Å². The molecule has 0 spiro atoms. The van der Waals surface area contributed by atoms with Crippen molar-refractivity contribution in [1.82, 2.24) is 5.32 Å². The van der Waals surface area contributed by atoms with Gasteiger partial charge in [-0.05, 0) is 36.7 Å². The molecule has 0 fully saturated rings. The lowest BCUT2D eigenvalue weighted by molar-refractivity contribution is 0.567. The van der Waals surface area contributed by atoms with Crippen LogP contribution in [0.25, 0.3) is 11.1 Å². The van der Waals surface area contributed by atoms with Crippen molar-refractivity contribution in [2.75, 3.05) is 6.54 Å². The van der Waals surface area contributed by atoms with E-state index in [1.807, 2.05) is 12.1 Å². The third-order valence-electron chi connectivity index (χ3n) is 2.62. The summed E-state index contributed by atoms with van der Waals surface area (Å²) in [6.07, 6.45) is 4.20. The molecular weight excluding hydrogens is 217 g/mol. The minimum absolute atomic E-state index is 0.217. The summed E-state index contributed by atoms with van der Waals surface area (Å²) < 4.78 is 18.6. The van der Waals surface area contributed by atoms with Gasteiger partial charge in [0.2, 0.25) is 0 Å². The maximum atomic E-state index is 13.7. The second-order valence-corrected chi connectivity index (χ2v) is 4.00. The first kappa shape index (κ1) is 11.9. The SMILES string of the molecule is CCCNCc1ccc(F)c(-c2ccoc2)c1. The zero-order valence-corrected chi connectivity index (χ0v) is 9.87. The van der Waals surface area contributed by atoms with Crippen molar-refractivity contribution in [3.63, 3.8) is 0 Å². The van der Waals surface area contributed by atoms with E-state index in [-0.39, 0.29) is 5.82 Å². The van der Waals surface area contributed by atoms with Gasteiger partial charge in [0.15, 0.2) is 0 Å². The zero-order chi connectivity index (χ0) is 12.1. The molecule has 17 heavy (non-hydrogen) atoms. The van der Waals surface area contributed by atoms with Gasteiger partial charge in [-0.15, -0.1) is 0 Å². The second kappa shape index (κ2) is 5.64. The number of hydrogen-bond acceptors (Lipinski definition) is 2. The molecule has 0 aliphatic rings. The Balaban J connectivity index is 2.18. The molecule has 1 N–H and O–H groups in total. The Morgan fingerprint density at radius 2 is 2.18 bits per heavy atom. The van der Waals surface area contributed by atoms with E-state index < -0.39 is 0 Å². The van der Waals surface area contributed by atoms with Crippen molar-refractivity contribution >= 4 is 0 Å². The monoisotopic (exact) mass is 233 g/mol. The van der Waals surface area contributed by atoms with Crippen LogP contribution < -0.4 is 5.32 Å². The van der Waals surface area contributed by atoms with Crippen molar-refractivity contribution in [3.8, 4) is 11.1 Å². The maximum Gasteiger partial charge on any atom is 0.131 e. The van der Waals surface area contributed by atoms with Gasteiger partial charge in [0, 0.05) is 17.7 Å². The molecule has 90 valence electrons. The summed E-state index contributed by atoms with van der Waals surface area (Å²) >= 11 is 0. The lowest BCUT2D eigenvalue weighted by Crippen LogP contribution is -2.13. The van der Waals surface area contributed by atoms with Crippen LogP contribution in [0, 0.1) is 5.82 Å². The molecule has 0 saturated carbocycles. The highest BCUT2D eigenvalue weighted by Crippen LogP contribution is 2.24. The van der Waals surface area contributed by atoms with Crippen molar-refractivity contribution in [1.29, 1.82) is 0 Å². The van der Waals surface area contributed by atoms with Gasteiger partial charge in [0.25, 0.3) is 0 Å². The lowest BCUT2D eigenvalue weighted by atomic mass is 10.1. The fourth-order valence-corrected chi connectivity index (χ4v) is 1.73. The van der Waals surface area contributed by atoms with Crippen LogP contribution in [0.15, 0.2) is 41.2 Å². The molecule has 1 aromatic heterocycles. The van der Waals surface area contributed by atoms with Gasteiger partial charge in [-0.25, -0.2) is 4.39 Å². The van der Waals surface area contributed by atoms with Crippen LogP contribution in [0.1, 0.15) is 18.9 Å². The van der Waals surface area contributed by atoms with Crippen molar-refractivity contribution in [2.45, 2.75) is 19.9 Å². The Morgan fingerprint density at radius 1 is 1.29 bits per heavy atom. The molecule has 0 saturated heterocycles. The predicted octanol–water partition coefficient (Wildman–Crippen LogP) is 3.59. The van der Waals surface area contributed by atoms with Gasteiger partial charge in [0.1, 0.15) is 5.82 Å². The van der Waals surface area contributed by atoms with Crippen molar-refractivity contribution in [2.24, 2.45) is 0 Å². The molecule has 2 aromatic rings. The molecule has 2 nitrogen and oxygen atoms in total. The summed E-state index contributed by atoms with van der Waals surface area (Å²) in [6.45, 7) is 3.85. The average molecular weight is 233 g/mol. The van der Waals surface area contributed by atoms with Crippen LogP contribution in [0.5, 0.6) is 0 Å². The Hall–Kier alpha value is -1.61. The van der Waals surface area contributed by atoms with Gasteiger partial charge < -0.3 is 9.73 Å². The molecule has 0 aliphatic heterocycles. The highest BCUT2D eigenvalue weighted by atomic mass is 19.1. The fraction of sp³-hybridized carbons (Fsp3) is 0.286. The highest BCUT2D eigenvalue weighted by Gasteiger charge is 2.07. The van der Waals surface area contributed by atoms with Crippen molar-refractivity contribution < 1.29 is 8.81 Å². The standard InChI is InChI=1S/C14H16FNO/c1-2-6-16-9-11-3-4-14(15)13(8-11)12-5-7-17-10-12/h3-5,7-8,10,16H,2,6,9H2,1H3. The second-order valence-electron chi connectivity index (χ2n) is 4.00. The first-order valence-electron chi connectivity index (χ1n) is 5.83. The van der Waals surface area contributed by atoms with Gasteiger partial charge in [0.05, 0.1) is 12.5 Å². The molecule has 1 aromatic carbocycles. The third-order valence-corrected chi connectivity index (χ3v) is 2.62. The van der Waals surface area contributed by atoms with E-state index in [1.165, 1.54) is 6.07 Å². The predicted molar refractivity (Wildman–Crippen MR) is 66.1 cm³/mol. The van der Waals surface area contributed by atoms with E-state index in [9.17, 15) is 4.39 Å². The van der Waals surface area contributed by atoms with Crippen LogP contribution in [0.4, 0.5) is 4.39 Å². The fourth-order valence-electron chi connectivity index (χ4n) is 1.73. The van der Waals surface area contributed by atoms with Gasteiger partial charge in [-0.1, -0.05) is 13.0 Å². The summed E-state index contributed by atoms with van der Waals surface area (Å²) in [4.78, 5) is 0. The van der Waals surface area contributed by atoms with E-state index in [4.69, 9.17) is 4.42 Å². The smallest absolute Gasteiger partial charge is 0.131 e. The average Bonchev–Trinajstić information content (AvgIpc) is 2.85. The van der Waals surface area contributed by atoms with E-state index in [0.717, 1.165) is 30.6 Å². The van der Waals surface area contributed by atoms with Crippen LogP contribution >= 0.6 is 0 Å². The molecular formula is C14H16FNO. The molecule has 0 radical (unpaired) electrons. The third kappa shape index (κ3) is 2.94. The van der Waals surface area contributed by atoms with Crippen LogP contribution in [0.3, 0.4) is 0 Å². The molecule has 0 unspecified atom stereocenters. The molecule has 2 rings (SSSR count). The minimum Gasteiger partial charge on any atom is -0.472 e. The Labute approximate surface area is 100 Å². The Kier molecular flexibility index (Phi) is 3.94. The summed E-state index contributed by atoms with van der Waals surface area (Å²) in [5.74, 6) is -0.217. The van der Waals surface area contributed by atoms with Crippen LogP contribution in [0.2, 0.25) is 0 Å². The molecule has 0 bridgehead atoms. The topological polar surface area (TPSA) is 25.2 Å². The number of nitrogens with one attached hydrogen (secondary N) is 1. The number of halogens is 1. The molecule has 0 atom stereocenters. The zero-order valence-electron chi connectivity index (χ0n) is 9.87. The van der Waals surface area contributed by atoms with E-state index in [1.54, 1.807) is 18.6 Å². The summed E-state index contributed by atoms with van der Waals surface area (Å²) in [5, 5.41) is 3.30. The van der Waals surface area contributed by atoms with Gasteiger partial charge in [-0.2, -0.15) is 0 Å². The number of furan rings is 1. The summed E-state index contributed by atoms with van der Waals surface area (Å²) in [6, 6.07) is 6.94. The van der Waals surface area contributed by atoms with Crippen molar-refractivity contribution in [3.05, 3.63) is 48.2 Å². The summed E-state index contributed by atoms with van der Waals surface area (Å²) in [5.41, 5.74) is 2.45. The number of rotatable bonds is 5. The van der Waals surface area contributed by atoms with Crippen LogP contribution in [-0.2, 0) is 6.54 Å². The number of benzene rings is 1. The summed E-state index contributed by atoms with van der Waals surface area (Å²) in [7, 11) is 0. The van der Waals surface area contributed by atoms with E-state index in [0.29, 0.717) is 5.56 Å². The first-order chi connectivity index (χ1) is 8.31. The van der Waals surface area contributed by atoms with Gasteiger partial charge in [-0.3, -0.25) is 0 Å². The van der Waals surface area contributed by atoms with Gasteiger partial charge >= 0.3 is 0 Å². The molecule has 1 heterocycles. The Bertz CT molecular complexity index is 465. The quantitative estimate of drug-likeness (QED) is 0.798. The Morgan fingerprint density at radius 3 is 2.88 bits per heavy atom.